The standard InChI is InChI=1S/C19H17N3O/c1-23-14-8-6-13(7-9-14)12-21-19-18-16(10-11-20-19)15-4-2-3-5-17(15)22-18/h2-11,22H,12H2,1H3,(H,20,21). The topological polar surface area (TPSA) is 49.9 Å². The van der Waals surface area contributed by atoms with Gasteiger partial charge in [0.1, 0.15) is 5.75 Å². The molecule has 0 amide bonds. The number of ether oxygens (including phenoxy) is 1. The molecular formula is C19H17N3O. The first-order chi connectivity index (χ1) is 11.3. The summed E-state index contributed by atoms with van der Waals surface area (Å²) in [5, 5.41) is 5.83. The molecule has 2 aromatic carbocycles. The van der Waals surface area contributed by atoms with Gasteiger partial charge in [-0.2, -0.15) is 0 Å². The number of para-hydroxylation sites is 1. The Bertz CT molecular complexity index is 957. The van der Waals surface area contributed by atoms with Crippen LogP contribution in [0.25, 0.3) is 21.8 Å². The summed E-state index contributed by atoms with van der Waals surface area (Å²) in [6, 6.07) is 18.4. The van der Waals surface area contributed by atoms with Crippen LogP contribution in [0.15, 0.2) is 60.8 Å². The summed E-state index contributed by atoms with van der Waals surface area (Å²) in [7, 11) is 1.67. The molecular weight excluding hydrogens is 286 g/mol. The van der Waals surface area contributed by atoms with Crippen LogP contribution >= 0.6 is 0 Å². The maximum absolute atomic E-state index is 5.19. The van der Waals surface area contributed by atoms with E-state index in [0.717, 1.165) is 22.6 Å². The molecule has 0 aliphatic carbocycles. The molecule has 23 heavy (non-hydrogen) atoms. The molecule has 114 valence electrons. The molecule has 4 nitrogen and oxygen atoms in total. The summed E-state index contributed by atoms with van der Waals surface area (Å²) in [5.41, 5.74) is 3.35. The third-order valence-electron chi connectivity index (χ3n) is 4.05. The monoisotopic (exact) mass is 303 g/mol. The Morgan fingerprint density at radius 2 is 1.83 bits per heavy atom. The minimum absolute atomic E-state index is 0.714. The molecule has 0 aliphatic heterocycles. The van der Waals surface area contributed by atoms with Crippen molar-refractivity contribution in [3.05, 3.63) is 66.4 Å². The number of rotatable bonds is 4. The highest BCUT2D eigenvalue weighted by Crippen LogP contribution is 2.28. The maximum Gasteiger partial charge on any atom is 0.150 e. The van der Waals surface area contributed by atoms with Crippen molar-refractivity contribution in [3.63, 3.8) is 0 Å². The fraction of sp³-hybridized carbons (Fsp3) is 0.105. The number of H-pyrrole nitrogens is 1. The zero-order valence-electron chi connectivity index (χ0n) is 12.8. The number of anilines is 1. The number of nitrogens with one attached hydrogen (secondary N) is 2. The second-order valence-corrected chi connectivity index (χ2v) is 5.45. The molecule has 0 spiro atoms. The molecule has 4 rings (SSSR count). The summed E-state index contributed by atoms with van der Waals surface area (Å²) in [6.45, 7) is 0.714. The van der Waals surface area contributed by atoms with Crippen molar-refractivity contribution in [1.29, 1.82) is 0 Å². The number of benzene rings is 2. The Labute approximate surface area is 134 Å². The quantitative estimate of drug-likeness (QED) is 0.590. The van der Waals surface area contributed by atoms with Crippen LogP contribution < -0.4 is 10.1 Å². The lowest BCUT2D eigenvalue weighted by atomic mass is 10.2. The summed E-state index contributed by atoms with van der Waals surface area (Å²) in [6.07, 6.45) is 1.85. The lowest BCUT2D eigenvalue weighted by Crippen LogP contribution is -2.01. The van der Waals surface area contributed by atoms with Gasteiger partial charge >= 0.3 is 0 Å². The summed E-state index contributed by atoms with van der Waals surface area (Å²) in [4.78, 5) is 7.94. The average Bonchev–Trinajstić information content (AvgIpc) is 3.00. The zero-order valence-corrected chi connectivity index (χ0v) is 12.8. The van der Waals surface area contributed by atoms with E-state index in [4.69, 9.17) is 4.74 Å². The van der Waals surface area contributed by atoms with E-state index in [1.54, 1.807) is 7.11 Å². The normalized spacial score (nSPS) is 11.0. The van der Waals surface area contributed by atoms with Crippen LogP contribution in [-0.4, -0.2) is 17.1 Å². The highest BCUT2D eigenvalue weighted by atomic mass is 16.5. The van der Waals surface area contributed by atoms with Gasteiger partial charge in [0.05, 0.1) is 12.6 Å². The Kier molecular flexibility index (Phi) is 3.35. The molecule has 0 saturated heterocycles. The van der Waals surface area contributed by atoms with Crippen molar-refractivity contribution in [2.75, 3.05) is 12.4 Å². The molecule has 0 unspecified atom stereocenters. The van der Waals surface area contributed by atoms with E-state index < -0.39 is 0 Å². The molecule has 0 aliphatic rings. The van der Waals surface area contributed by atoms with E-state index in [0.29, 0.717) is 6.54 Å². The SMILES string of the molecule is COc1ccc(CNc2nccc3c2[nH]c2ccccc23)cc1. The smallest absolute Gasteiger partial charge is 0.150 e. The number of fused-ring (bicyclic) bond motifs is 3. The average molecular weight is 303 g/mol. The number of aromatic amines is 1. The van der Waals surface area contributed by atoms with Gasteiger partial charge in [0, 0.05) is 29.0 Å². The third-order valence-corrected chi connectivity index (χ3v) is 4.05. The van der Waals surface area contributed by atoms with Crippen LogP contribution in [0.1, 0.15) is 5.56 Å². The highest BCUT2D eigenvalue weighted by molar-refractivity contribution is 6.10. The fourth-order valence-corrected chi connectivity index (χ4v) is 2.84. The molecule has 2 aromatic heterocycles. The predicted molar refractivity (Wildman–Crippen MR) is 93.9 cm³/mol. The second-order valence-electron chi connectivity index (χ2n) is 5.45. The molecule has 0 fully saturated rings. The maximum atomic E-state index is 5.19. The molecule has 2 heterocycles. The first-order valence-electron chi connectivity index (χ1n) is 7.57. The van der Waals surface area contributed by atoms with Crippen molar-refractivity contribution in [2.24, 2.45) is 0 Å². The molecule has 0 atom stereocenters. The Morgan fingerprint density at radius 1 is 1.00 bits per heavy atom. The van der Waals surface area contributed by atoms with Crippen molar-refractivity contribution in [3.8, 4) is 5.75 Å². The van der Waals surface area contributed by atoms with Crippen molar-refractivity contribution in [1.82, 2.24) is 9.97 Å². The van der Waals surface area contributed by atoms with E-state index in [9.17, 15) is 0 Å². The number of methoxy groups -OCH3 is 1. The van der Waals surface area contributed by atoms with Gasteiger partial charge in [-0.05, 0) is 29.8 Å². The lowest BCUT2D eigenvalue weighted by molar-refractivity contribution is 0.414. The van der Waals surface area contributed by atoms with E-state index in [1.165, 1.54) is 16.3 Å². The van der Waals surface area contributed by atoms with Crippen LogP contribution in [0.4, 0.5) is 5.82 Å². The van der Waals surface area contributed by atoms with Gasteiger partial charge in [0.2, 0.25) is 0 Å². The fourth-order valence-electron chi connectivity index (χ4n) is 2.84. The van der Waals surface area contributed by atoms with Gasteiger partial charge in [-0.25, -0.2) is 4.98 Å². The molecule has 2 N–H and O–H groups in total. The van der Waals surface area contributed by atoms with E-state index in [-0.39, 0.29) is 0 Å². The number of hydrogen-bond donors (Lipinski definition) is 2. The van der Waals surface area contributed by atoms with Crippen molar-refractivity contribution >= 4 is 27.6 Å². The minimum Gasteiger partial charge on any atom is -0.497 e. The van der Waals surface area contributed by atoms with Crippen LogP contribution in [0.3, 0.4) is 0 Å². The summed E-state index contributed by atoms with van der Waals surface area (Å²) < 4.78 is 5.19. The third kappa shape index (κ3) is 2.48. The molecule has 4 heteroatoms. The summed E-state index contributed by atoms with van der Waals surface area (Å²) >= 11 is 0. The largest absolute Gasteiger partial charge is 0.497 e. The summed E-state index contributed by atoms with van der Waals surface area (Å²) in [5.74, 6) is 1.74. The van der Waals surface area contributed by atoms with E-state index in [2.05, 4.69) is 45.6 Å². The van der Waals surface area contributed by atoms with E-state index >= 15 is 0 Å². The Morgan fingerprint density at radius 3 is 2.65 bits per heavy atom. The van der Waals surface area contributed by atoms with Gasteiger partial charge in [0.25, 0.3) is 0 Å². The van der Waals surface area contributed by atoms with Gasteiger partial charge in [-0.1, -0.05) is 30.3 Å². The number of aromatic nitrogens is 2. The highest BCUT2D eigenvalue weighted by Gasteiger charge is 2.08. The van der Waals surface area contributed by atoms with Crippen LogP contribution in [-0.2, 0) is 6.54 Å². The molecule has 4 aromatic rings. The Hall–Kier alpha value is -3.01. The number of nitrogens with zero attached hydrogens (tertiary/aromatic N) is 1. The molecule has 0 saturated carbocycles. The van der Waals surface area contributed by atoms with Gasteiger partial charge in [-0.15, -0.1) is 0 Å². The first kappa shape index (κ1) is 13.6. The zero-order chi connectivity index (χ0) is 15.6. The van der Waals surface area contributed by atoms with E-state index in [1.807, 2.05) is 30.5 Å². The van der Waals surface area contributed by atoms with Crippen LogP contribution in [0.5, 0.6) is 5.75 Å². The van der Waals surface area contributed by atoms with Gasteiger partial charge in [0.15, 0.2) is 5.82 Å². The minimum atomic E-state index is 0.714. The van der Waals surface area contributed by atoms with Crippen LogP contribution in [0.2, 0.25) is 0 Å². The van der Waals surface area contributed by atoms with Gasteiger partial charge < -0.3 is 15.0 Å². The van der Waals surface area contributed by atoms with Crippen molar-refractivity contribution < 1.29 is 4.74 Å². The first-order valence-corrected chi connectivity index (χ1v) is 7.57. The lowest BCUT2D eigenvalue weighted by Gasteiger charge is -2.07. The number of hydrogen-bond acceptors (Lipinski definition) is 3. The predicted octanol–water partition coefficient (Wildman–Crippen LogP) is 4.34. The second kappa shape index (κ2) is 5.65. The molecule has 0 bridgehead atoms. The van der Waals surface area contributed by atoms with Crippen molar-refractivity contribution in [2.45, 2.75) is 6.54 Å². The molecule has 0 radical (unpaired) electrons. The number of pyridine rings is 1. The van der Waals surface area contributed by atoms with Gasteiger partial charge in [-0.3, -0.25) is 0 Å². The van der Waals surface area contributed by atoms with Crippen LogP contribution in [0, 0.1) is 0 Å². The Balaban J connectivity index is 1.65.